The number of carboxylic acid groups (broad SMARTS) is 1. The molecule has 1 saturated carbocycles. The lowest BCUT2D eigenvalue weighted by Crippen LogP contribution is -2.15. The number of methoxy groups -OCH3 is 2. The summed E-state index contributed by atoms with van der Waals surface area (Å²) in [6.07, 6.45) is 2.18. The van der Waals surface area contributed by atoms with E-state index in [1.165, 1.54) is 0 Å². The summed E-state index contributed by atoms with van der Waals surface area (Å²) in [5.74, 6) is 1.59. The van der Waals surface area contributed by atoms with Gasteiger partial charge in [-0.3, -0.25) is 4.79 Å². The molecule has 0 spiro atoms. The Labute approximate surface area is 145 Å². The third-order valence-electron chi connectivity index (χ3n) is 3.80. The molecule has 8 heteroatoms. The maximum absolute atomic E-state index is 10.8. The molecular weight excluding hydrogens is 324 g/mol. The van der Waals surface area contributed by atoms with Crippen molar-refractivity contribution < 1.29 is 19.4 Å². The van der Waals surface area contributed by atoms with E-state index in [4.69, 9.17) is 14.6 Å². The first-order chi connectivity index (χ1) is 12.1. The molecule has 0 bridgehead atoms. The van der Waals surface area contributed by atoms with Crippen LogP contribution in [0, 0.1) is 0 Å². The maximum atomic E-state index is 10.8. The average molecular weight is 344 g/mol. The van der Waals surface area contributed by atoms with Gasteiger partial charge in [0.1, 0.15) is 12.4 Å². The van der Waals surface area contributed by atoms with Crippen molar-refractivity contribution >= 4 is 23.4 Å². The number of ether oxygens (including phenoxy) is 2. The minimum Gasteiger partial charge on any atom is -0.493 e. The number of hydrogen-bond acceptors (Lipinski definition) is 7. The van der Waals surface area contributed by atoms with Crippen molar-refractivity contribution in [3.8, 4) is 11.5 Å². The van der Waals surface area contributed by atoms with Gasteiger partial charge in [-0.1, -0.05) is 0 Å². The number of benzene rings is 1. The zero-order valence-electron chi connectivity index (χ0n) is 14.1. The van der Waals surface area contributed by atoms with Crippen molar-refractivity contribution in [2.75, 3.05) is 31.4 Å². The Hall–Kier alpha value is -3.03. The number of nitrogens with one attached hydrogen (secondary N) is 2. The predicted molar refractivity (Wildman–Crippen MR) is 93.0 cm³/mol. The minimum absolute atomic E-state index is 0.232. The lowest BCUT2D eigenvalue weighted by atomic mass is 10.2. The van der Waals surface area contributed by atoms with Crippen LogP contribution >= 0.6 is 0 Å². The van der Waals surface area contributed by atoms with Gasteiger partial charge in [0, 0.05) is 23.7 Å². The summed E-state index contributed by atoms with van der Waals surface area (Å²) in [7, 11) is 3.16. The molecule has 3 N–H and O–H groups in total. The Balaban J connectivity index is 1.84. The molecule has 1 aliphatic rings. The summed E-state index contributed by atoms with van der Waals surface area (Å²) in [6, 6.07) is 7.35. The first kappa shape index (κ1) is 16.8. The van der Waals surface area contributed by atoms with Crippen LogP contribution in [0.3, 0.4) is 0 Å². The van der Waals surface area contributed by atoms with Crippen LogP contribution in [-0.2, 0) is 4.79 Å². The van der Waals surface area contributed by atoms with Crippen LogP contribution in [0.1, 0.15) is 24.5 Å². The predicted octanol–water partition coefficient (Wildman–Crippen LogP) is 2.61. The Morgan fingerprint density at radius 2 is 1.96 bits per heavy atom. The number of anilines is 3. The van der Waals surface area contributed by atoms with Gasteiger partial charge in [0.2, 0.25) is 5.95 Å². The van der Waals surface area contributed by atoms with E-state index < -0.39 is 5.97 Å². The lowest BCUT2D eigenvalue weighted by molar-refractivity contribution is -0.134. The van der Waals surface area contributed by atoms with Crippen LogP contribution in [-0.4, -0.2) is 41.8 Å². The lowest BCUT2D eigenvalue weighted by Gasteiger charge is -2.12. The maximum Gasteiger partial charge on any atom is 0.322 e. The summed E-state index contributed by atoms with van der Waals surface area (Å²) in [4.78, 5) is 19.5. The number of aliphatic carboxylic acids is 1. The quantitative estimate of drug-likeness (QED) is 0.671. The summed E-state index contributed by atoms with van der Waals surface area (Å²) < 4.78 is 10.5. The van der Waals surface area contributed by atoms with E-state index in [1.807, 2.05) is 18.2 Å². The van der Waals surface area contributed by atoms with E-state index in [-0.39, 0.29) is 6.54 Å². The van der Waals surface area contributed by atoms with Gasteiger partial charge in [-0.05, 0) is 25.0 Å². The van der Waals surface area contributed by atoms with E-state index in [2.05, 4.69) is 20.6 Å². The Morgan fingerprint density at radius 1 is 1.20 bits per heavy atom. The number of nitrogens with zero attached hydrogens (tertiary/aromatic N) is 2. The van der Waals surface area contributed by atoms with Gasteiger partial charge in [0.05, 0.1) is 19.9 Å². The van der Waals surface area contributed by atoms with Crippen molar-refractivity contribution in [3.05, 3.63) is 30.0 Å². The largest absolute Gasteiger partial charge is 0.493 e. The molecule has 0 unspecified atom stereocenters. The first-order valence-electron chi connectivity index (χ1n) is 7.92. The molecule has 132 valence electrons. The van der Waals surface area contributed by atoms with E-state index in [0.29, 0.717) is 29.2 Å². The second-order valence-electron chi connectivity index (χ2n) is 5.72. The second-order valence-corrected chi connectivity index (χ2v) is 5.72. The third-order valence-corrected chi connectivity index (χ3v) is 3.80. The van der Waals surface area contributed by atoms with Gasteiger partial charge in [0.15, 0.2) is 11.5 Å². The summed E-state index contributed by atoms with van der Waals surface area (Å²) in [6.45, 7) is -0.232. The number of hydrogen-bond donors (Lipinski definition) is 3. The molecule has 1 heterocycles. The highest BCUT2D eigenvalue weighted by molar-refractivity contribution is 5.72. The van der Waals surface area contributed by atoms with E-state index >= 15 is 0 Å². The van der Waals surface area contributed by atoms with E-state index in [0.717, 1.165) is 24.2 Å². The van der Waals surface area contributed by atoms with Crippen LogP contribution in [0.25, 0.3) is 0 Å². The number of carboxylic acids is 1. The molecule has 1 aromatic heterocycles. The Morgan fingerprint density at radius 3 is 2.60 bits per heavy atom. The molecule has 0 saturated heterocycles. The summed E-state index contributed by atoms with van der Waals surface area (Å²) in [5.41, 5.74) is 1.69. The Kier molecular flexibility index (Phi) is 4.87. The highest BCUT2D eigenvalue weighted by Gasteiger charge is 2.26. The molecule has 3 rings (SSSR count). The second kappa shape index (κ2) is 7.25. The molecule has 1 fully saturated rings. The summed E-state index contributed by atoms with van der Waals surface area (Å²) >= 11 is 0. The standard InChI is InChI=1S/C17H20N4O4/c1-24-13-6-5-11(7-14(13)25-2)19-15-8-12(10-3-4-10)20-17(21-15)18-9-16(22)23/h5-8,10H,3-4,9H2,1-2H3,(H,22,23)(H2,18,19,20,21). The fourth-order valence-corrected chi connectivity index (χ4v) is 2.41. The van der Waals surface area contributed by atoms with Gasteiger partial charge in [0.25, 0.3) is 0 Å². The molecule has 1 aliphatic carbocycles. The smallest absolute Gasteiger partial charge is 0.322 e. The minimum atomic E-state index is -0.963. The zero-order chi connectivity index (χ0) is 17.8. The Bertz CT molecular complexity index is 777. The first-order valence-corrected chi connectivity index (χ1v) is 7.92. The van der Waals surface area contributed by atoms with Crippen molar-refractivity contribution in [1.29, 1.82) is 0 Å². The monoisotopic (exact) mass is 344 g/mol. The zero-order valence-corrected chi connectivity index (χ0v) is 14.1. The highest BCUT2D eigenvalue weighted by atomic mass is 16.5. The molecule has 0 aliphatic heterocycles. The number of aromatic nitrogens is 2. The van der Waals surface area contributed by atoms with Crippen molar-refractivity contribution in [2.24, 2.45) is 0 Å². The number of rotatable bonds is 8. The molecule has 0 atom stereocenters. The van der Waals surface area contributed by atoms with Crippen LogP contribution in [0.15, 0.2) is 24.3 Å². The molecule has 8 nitrogen and oxygen atoms in total. The average Bonchev–Trinajstić information content (AvgIpc) is 3.45. The van der Waals surface area contributed by atoms with Gasteiger partial charge >= 0.3 is 5.97 Å². The fraction of sp³-hybridized carbons (Fsp3) is 0.353. The van der Waals surface area contributed by atoms with Gasteiger partial charge < -0.3 is 25.2 Å². The molecular formula is C17H20N4O4. The molecule has 1 aromatic carbocycles. The van der Waals surface area contributed by atoms with Crippen LogP contribution < -0.4 is 20.1 Å². The molecule has 0 amide bonds. The van der Waals surface area contributed by atoms with Crippen LogP contribution in [0.2, 0.25) is 0 Å². The normalized spacial score (nSPS) is 13.2. The van der Waals surface area contributed by atoms with Crippen LogP contribution in [0.5, 0.6) is 11.5 Å². The van der Waals surface area contributed by atoms with Gasteiger partial charge in [-0.25, -0.2) is 4.98 Å². The highest BCUT2D eigenvalue weighted by Crippen LogP contribution is 2.40. The van der Waals surface area contributed by atoms with Crippen molar-refractivity contribution in [1.82, 2.24) is 9.97 Å². The van der Waals surface area contributed by atoms with Crippen LogP contribution in [0.4, 0.5) is 17.5 Å². The van der Waals surface area contributed by atoms with Gasteiger partial charge in [-0.2, -0.15) is 4.98 Å². The molecule has 25 heavy (non-hydrogen) atoms. The SMILES string of the molecule is COc1ccc(Nc2cc(C3CC3)nc(NCC(=O)O)n2)cc1OC. The third kappa shape index (κ3) is 4.28. The van der Waals surface area contributed by atoms with E-state index in [1.54, 1.807) is 20.3 Å². The topological polar surface area (TPSA) is 106 Å². The summed E-state index contributed by atoms with van der Waals surface area (Å²) in [5, 5.41) is 14.8. The number of carbonyl (C=O) groups is 1. The van der Waals surface area contributed by atoms with E-state index in [9.17, 15) is 4.79 Å². The molecule has 0 radical (unpaired) electrons. The van der Waals surface area contributed by atoms with Gasteiger partial charge in [-0.15, -0.1) is 0 Å². The molecule has 2 aromatic rings. The van der Waals surface area contributed by atoms with Crippen molar-refractivity contribution in [2.45, 2.75) is 18.8 Å². The fourth-order valence-electron chi connectivity index (χ4n) is 2.41. The van der Waals surface area contributed by atoms with Crippen molar-refractivity contribution in [3.63, 3.8) is 0 Å².